The molecule has 3 nitrogen and oxygen atoms in total. The smallest absolute Gasteiger partial charge is 0.129 e. The summed E-state index contributed by atoms with van der Waals surface area (Å²) in [4.78, 5) is 7.24. The Morgan fingerprint density at radius 3 is 2.38 bits per heavy atom. The van der Waals surface area contributed by atoms with E-state index in [0.717, 1.165) is 31.9 Å². The van der Waals surface area contributed by atoms with Gasteiger partial charge in [0.25, 0.3) is 0 Å². The quantitative estimate of drug-likeness (QED) is 0.745. The van der Waals surface area contributed by atoms with Crippen LogP contribution in [-0.4, -0.2) is 24.1 Å². The number of aromatic nitrogens is 1. The van der Waals surface area contributed by atoms with Crippen molar-refractivity contribution >= 4 is 5.82 Å². The fourth-order valence-corrected chi connectivity index (χ4v) is 2.29. The first-order valence-electron chi connectivity index (χ1n) is 8.48. The van der Waals surface area contributed by atoms with Gasteiger partial charge in [-0.25, -0.2) is 4.98 Å². The minimum atomic E-state index is 0.508. The lowest BCUT2D eigenvalue weighted by atomic mass is 10.1. The molecule has 1 atom stereocenters. The molecule has 3 heteroatoms. The van der Waals surface area contributed by atoms with Crippen molar-refractivity contribution in [2.45, 2.75) is 67.0 Å². The van der Waals surface area contributed by atoms with Gasteiger partial charge in [0.05, 0.1) is 0 Å². The van der Waals surface area contributed by atoms with Crippen molar-refractivity contribution in [3.63, 3.8) is 0 Å². The predicted molar refractivity (Wildman–Crippen MR) is 92.9 cm³/mol. The lowest BCUT2D eigenvalue weighted by Crippen LogP contribution is -2.29. The van der Waals surface area contributed by atoms with E-state index in [1.807, 2.05) is 0 Å². The van der Waals surface area contributed by atoms with Crippen LogP contribution < -0.4 is 10.2 Å². The second kappa shape index (κ2) is 9.04. The highest BCUT2D eigenvalue weighted by molar-refractivity contribution is 5.43. The van der Waals surface area contributed by atoms with Gasteiger partial charge in [-0.15, -0.1) is 0 Å². The molecule has 0 amide bonds. The zero-order valence-electron chi connectivity index (χ0n) is 14.7. The molecule has 1 rings (SSSR count). The van der Waals surface area contributed by atoms with E-state index < -0.39 is 0 Å². The molecule has 0 aliphatic heterocycles. The first-order chi connectivity index (χ1) is 9.99. The molecule has 1 aromatic rings. The molecule has 0 aromatic carbocycles. The topological polar surface area (TPSA) is 28.2 Å². The van der Waals surface area contributed by atoms with Gasteiger partial charge in [0.2, 0.25) is 0 Å². The average molecular weight is 291 g/mol. The van der Waals surface area contributed by atoms with Gasteiger partial charge in [-0.05, 0) is 37.0 Å². The molecule has 1 aromatic heterocycles. The van der Waals surface area contributed by atoms with E-state index in [1.165, 1.54) is 17.7 Å². The van der Waals surface area contributed by atoms with Crippen molar-refractivity contribution in [3.05, 3.63) is 23.4 Å². The Bertz CT molecular complexity index is 415. The van der Waals surface area contributed by atoms with Gasteiger partial charge in [0, 0.05) is 31.4 Å². The van der Waals surface area contributed by atoms with Crippen molar-refractivity contribution in [1.29, 1.82) is 0 Å². The molecule has 0 aliphatic rings. The molecule has 21 heavy (non-hydrogen) atoms. The summed E-state index contributed by atoms with van der Waals surface area (Å²) in [7, 11) is 0. The number of pyridine rings is 1. The van der Waals surface area contributed by atoms with Crippen LogP contribution in [-0.2, 0) is 13.0 Å². The molecule has 1 heterocycles. The predicted octanol–water partition coefficient (Wildman–Crippen LogP) is 4.01. The maximum absolute atomic E-state index is 4.84. The Morgan fingerprint density at radius 2 is 1.86 bits per heavy atom. The average Bonchev–Trinajstić information content (AvgIpc) is 2.49. The van der Waals surface area contributed by atoms with Crippen molar-refractivity contribution in [1.82, 2.24) is 10.3 Å². The zero-order valence-corrected chi connectivity index (χ0v) is 14.7. The molecule has 1 N–H and O–H groups in total. The van der Waals surface area contributed by atoms with Crippen molar-refractivity contribution < 1.29 is 0 Å². The summed E-state index contributed by atoms with van der Waals surface area (Å²) in [5, 5.41) is 3.50. The SMILES string of the molecule is CCc1cc(CNC(C)C)cc(N(CC)CC(C)CC)n1. The van der Waals surface area contributed by atoms with Crippen LogP contribution in [0.5, 0.6) is 0 Å². The van der Waals surface area contributed by atoms with Gasteiger partial charge in [-0.2, -0.15) is 0 Å². The van der Waals surface area contributed by atoms with Crippen molar-refractivity contribution in [2.75, 3.05) is 18.0 Å². The van der Waals surface area contributed by atoms with E-state index in [-0.39, 0.29) is 0 Å². The first kappa shape index (κ1) is 18.0. The molecule has 0 bridgehead atoms. The third kappa shape index (κ3) is 6.04. The van der Waals surface area contributed by atoms with Gasteiger partial charge in [-0.3, -0.25) is 0 Å². The summed E-state index contributed by atoms with van der Waals surface area (Å²) in [5.41, 5.74) is 2.53. The summed E-state index contributed by atoms with van der Waals surface area (Å²) < 4.78 is 0. The van der Waals surface area contributed by atoms with Crippen LogP contribution in [0.3, 0.4) is 0 Å². The zero-order chi connectivity index (χ0) is 15.8. The summed E-state index contributed by atoms with van der Waals surface area (Å²) >= 11 is 0. The highest BCUT2D eigenvalue weighted by atomic mass is 15.2. The Hall–Kier alpha value is -1.09. The highest BCUT2D eigenvalue weighted by Gasteiger charge is 2.12. The van der Waals surface area contributed by atoms with E-state index in [2.05, 4.69) is 63.9 Å². The maximum atomic E-state index is 4.84. The molecule has 1 unspecified atom stereocenters. The van der Waals surface area contributed by atoms with Crippen LogP contribution in [0.2, 0.25) is 0 Å². The third-order valence-electron chi connectivity index (χ3n) is 3.94. The van der Waals surface area contributed by atoms with Crippen LogP contribution in [0, 0.1) is 5.92 Å². The van der Waals surface area contributed by atoms with Crippen LogP contribution in [0.15, 0.2) is 12.1 Å². The largest absolute Gasteiger partial charge is 0.357 e. The van der Waals surface area contributed by atoms with Crippen LogP contribution in [0.4, 0.5) is 5.82 Å². The number of aryl methyl sites for hydroxylation is 1. The molecule has 0 saturated carbocycles. The number of rotatable bonds is 9. The van der Waals surface area contributed by atoms with Crippen molar-refractivity contribution in [2.24, 2.45) is 5.92 Å². The number of anilines is 1. The molecular weight excluding hydrogens is 258 g/mol. The molecule has 0 fully saturated rings. The minimum Gasteiger partial charge on any atom is -0.357 e. The maximum Gasteiger partial charge on any atom is 0.129 e. The van der Waals surface area contributed by atoms with Gasteiger partial charge < -0.3 is 10.2 Å². The van der Waals surface area contributed by atoms with E-state index in [4.69, 9.17) is 4.98 Å². The highest BCUT2D eigenvalue weighted by Crippen LogP contribution is 2.18. The minimum absolute atomic E-state index is 0.508. The Balaban J connectivity index is 2.94. The van der Waals surface area contributed by atoms with Gasteiger partial charge >= 0.3 is 0 Å². The van der Waals surface area contributed by atoms with E-state index in [0.29, 0.717) is 12.0 Å². The van der Waals surface area contributed by atoms with Gasteiger partial charge in [-0.1, -0.05) is 41.0 Å². The molecule has 0 radical (unpaired) electrons. The number of hydrogen-bond donors (Lipinski definition) is 1. The third-order valence-corrected chi connectivity index (χ3v) is 3.94. The normalized spacial score (nSPS) is 12.7. The number of nitrogens with zero attached hydrogens (tertiary/aromatic N) is 2. The monoisotopic (exact) mass is 291 g/mol. The molecule has 120 valence electrons. The van der Waals surface area contributed by atoms with Crippen LogP contribution in [0.1, 0.15) is 59.2 Å². The van der Waals surface area contributed by atoms with E-state index in [9.17, 15) is 0 Å². The lowest BCUT2D eigenvalue weighted by Gasteiger charge is -2.26. The van der Waals surface area contributed by atoms with E-state index in [1.54, 1.807) is 0 Å². The summed E-state index contributed by atoms with van der Waals surface area (Å²) in [6, 6.07) is 4.99. The summed E-state index contributed by atoms with van der Waals surface area (Å²) in [6.45, 7) is 16.4. The Morgan fingerprint density at radius 1 is 1.14 bits per heavy atom. The fraction of sp³-hybridized carbons (Fsp3) is 0.722. The molecule has 0 aliphatic carbocycles. The lowest BCUT2D eigenvalue weighted by molar-refractivity contribution is 0.544. The number of nitrogens with one attached hydrogen (secondary N) is 1. The Labute approximate surface area is 131 Å². The van der Waals surface area contributed by atoms with Crippen LogP contribution in [0.25, 0.3) is 0 Å². The second-order valence-corrected chi connectivity index (χ2v) is 6.27. The summed E-state index contributed by atoms with van der Waals surface area (Å²) in [6.07, 6.45) is 2.20. The first-order valence-corrected chi connectivity index (χ1v) is 8.48. The summed E-state index contributed by atoms with van der Waals surface area (Å²) in [5.74, 6) is 1.84. The van der Waals surface area contributed by atoms with E-state index >= 15 is 0 Å². The van der Waals surface area contributed by atoms with Crippen molar-refractivity contribution in [3.8, 4) is 0 Å². The number of hydrogen-bond acceptors (Lipinski definition) is 3. The van der Waals surface area contributed by atoms with Gasteiger partial charge in [0.1, 0.15) is 5.82 Å². The second-order valence-electron chi connectivity index (χ2n) is 6.27. The Kier molecular flexibility index (Phi) is 7.73. The standard InChI is InChI=1S/C18H33N3/c1-7-15(6)13-21(9-3)18-11-16(12-19-14(4)5)10-17(8-2)20-18/h10-11,14-15,19H,7-9,12-13H2,1-6H3. The van der Waals surface area contributed by atoms with Gasteiger partial charge in [0.15, 0.2) is 0 Å². The molecular formula is C18H33N3. The fourth-order valence-electron chi connectivity index (χ4n) is 2.29. The molecule has 0 saturated heterocycles. The molecule has 0 spiro atoms. The van der Waals surface area contributed by atoms with Crippen LogP contribution >= 0.6 is 0 Å².